The molecule has 19 heavy (non-hydrogen) atoms. The minimum absolute atomic E-state index is 0.155. The van der Waals surface area contributed by atoms with Gasteiger partial charge in [0, 0.05) is 24.0 Å². The minimum Gasteiger partial charge on any atom is -0.366 e. The van der Waals surface area contributed by atoms with Crippen LogP contribution >= 0.6 is 11.3 Å². The lowest BCUT2D eigenvalue weighted by Gasteiger charge is -2.29. The van der Waals surface area contributed by atoms with Crippen molar-refractivity contribution in [3.05, 3.63) is 21.9 Å². The molecule has 104 valence electrons. The Bertz CT molecular complexity index is 450. The Hall–Kier alpha value is -0.910. The van der Waals surface area contributed by atoms with Crippen LogP contribution in [0.2, 0.25) is 0 Å². The zero-order valence-electron chi connectivity index (χ0n) is 11.2. The van der Waals surface area contributed by atoms with Gasteiger partial charge in [0.25, 0.3) is 5.91 Å². The summed E-state index contributed by atoms with van der Waals surface area (Å²) in [6, 6.07) is 2.55. The number of morpholine rings is 1. The molecule has 5 heteroatoms. The van der Waals surface area contributed by atoms with Crippen LogP contribution in [0.3, 0.4) is 0 Å². The van der Waals surface area contributed by atoms with Crippen molar-refractivity contribution in [3.8, 4) is 0 Å². The maximum absolute atomic E-state index is 12.6. The van der Waals surface area contributed by atoms with E-state index in [2.05, 4.69) is 23.7 Å². The number of aryl methyl sites for hydroxylation is 1. The van der Waals surface area contributed by atoms with E-state index in [0.29, 0.717) is 19.2 Å². The summed E-state index contributed by atoms with van der Waals surface area (Å²) < 4.78 is 5.60. The van der Waals surface area contributed by atoms with Crippen LogP contribution in [0.5, 0.6) is 0 Å². The van der Waals surface area contributed by atoms with Crippen molar-refractivity contribution in [3.63, 3.8) is 0 Å². The molecule has 2 aliphatic rings. The van der Waals surface area contributed by atoms with Crippen LogP contribution in [0.15, 0.2) is 11.4 Å². The Morgan fingerprint density at radius 2 is 2.42 bits per heavy atom. The highest BCUT2D eigenvalue weighted by Gasteiger charge is 2.37. The molecule has 4 nitrogen and oxygen atoms in total. The standard InChI is InChI=1S/C14H20N2O2S/c1-10-4-7-19-13(10)9-16(11-2-3-11)14(17)12-8-15-5-6-18-12/h4,7,11-12,15H,2-3,5-6,8-9H2,1H3/t12-/m0/s1. The number of nitrogens with one attached hydrogen (secondary N) is 1. The maximum atomic E-state index is 12.6. The monoisotopic (exact) mass is 280 g/mol. The quantitative estimate of drug-likeness (QED) is 0.909. The molecule has 1 saturated carbocycles. The van der Waals surface area contributed by atoms with Gasteiger partial charge in [0.1, 0.15) is 6.10 Å². The third-order valence-corrected chi connectivity index (χ3v) is 4.76. The molecule has 3 rings (SSSR count). The van der Waals surface area contributed by atoms with Crippen molar-refractivity contribution in [1.29, 1.82) is 0 Å². The molecule has 1 N–H and O–H groups in total. The van der Waals surface area contributed by atoms with Gasteiger partial charge in [-0.1, -0.05) is 0 Å². The van der Waals surface area contributed by atoms with Gasteiger partial charge in [-0.05, 0) is 36.8 Å². The van der Waals surface area contributed by atoms with Gasteiger partial charge in [-0.25, -0.2) is 0 Å². The van der Waals surface area contributed by atoms with Gasteiger partial charge in [-0.15, -0.1) is 11.3 Å². The van der Waals surface area contributed by atoms with Crippen LogP contribution in [-0.4, -0.2) is 42.6 Å². The molecule has 1 aromatic heterocycles. The molecule has 0 radical (unpaired) electrons. The van der Waals surface area contributed by atoms with Gasteiger partial charge in [0.2, 0.25) is 0 Å². The van der Waals surface area contributed by atoms with Crippen LogP contribution in [-0.2, 0) is 16.1 Å². The van der Waals surface area contributed by atoms with Gasteiger partial charge in [0.05, 0.1) is 13.2 Å². The van der Waals surface area contributed by atoms with Crippen molar-refractivity contribution in [2.45, 2.75) is 38.5 Å². The molecule has 1 aliphatic heterocycles. The van der Waals surface area contributed by atoms with E-state index in [0.717, 1.165) is 25.9 Å². The van der Waals surface area contributed by atoms with Crippen molar-refractivity contribution in [1.82, 2.24) is 10.2 Å². The third-order valence-electron chi connectivity index (χ3n) is 3.76. The second-order valence-electron chi connectivity index (χ2n) is 5.29. The van der Waals surface area contributed by atoms with E-state index in [4.69, 9.17) is 4.74 Å². The molecule has 0 bridgehead atoms. The molecule has 2 heterocycles. The average molecular weight is 280 g/mol. The summed E-state index contributed by atoms with van der Waals surface area (Å²) in [5.41, 5.74) is 1.28. The summed E-state index contributed by atoms with van der Waals surface area (Å²) >= 11 is 1.74. The van der Waals surface area contributed by atoms with E-state index >= 15 is 0 Å². The minimum atomic E-state index is -0.297. The SMILES string of the molecule is Cc1ccsc1CN(C(=O)[C@@H]1CNCCO1)C1CC1. The lowest BCUT2D eigenvalue weighted by molar-refractivity contribution is -0.146. The molecule has 1 atom stereocenters. The Labute approximate surface area is 117 Å². The van der Waals surface area contributed by atoms with Gasteiger partial charge in [-0.2, -0.15) is 0 Å². The molecule has 2 fully saturated rings. The zero-order chi connectivity index (χ0) is 13.2. The Balaban J connectivity index is 1.70. The van der Waals surface area contributed by atoms with Crippen molar-refractivity contribution in [2.24, 2.45) is 0 Å². The van der Waals surface area contributed by atoms with Crippen molar-refractivity contribution in [2.75, 3.05) is 19.7 Å². The summed E-state index contributed by atoms with van der Waals surface area (Å²) in [7, 11) is 0. The Kier molecular flexibility index (Phi) is 3.86. The van der Waals surface area contributed by atoms with E-state index in [1.54, 1.807) is 11.3 Å². The first-order chi connectivity index (χ1) is 9.25. The molecular weight excluding hydrogens is 260 g/mol. The fourth-order valence-electron chi connectivity index (χ4n) is 2.40. The predicted octanol–water partition coefficient (Wildman–Crippen LogP) is 1.54. The lowest BCUT2D eigenvalue weighted by atomic mass is 10.2. The third kappa shape index (κ3) is 2.99. The molecular formula is C14H20N2O2S. The van der Waals surface area contributed by atoms with Crippen LogP contribution in [0.1, 0.15) is 23.3 Å². The Morgan fingerprint density at radius 1 is 1.58 bits per heavy atom. The van der Waals surface area contributed by atoms with Crippen LogP contribution in [0, 0.1) is 6.92 Å². The van der Waals surface area contributed by atoms with E-state index in [1.807, 2.05) is 4.90 Å². The first-order valence-corrected chi connectivity index (χ1v) is 7.79. The highest BCUT2D eigenvalue weighted by Crippen LogP contribution is 2.31. The number of carbonyl (C=O) groups excluding carboxylic acids is 1. The fourth-order valence-corrected chi connectivity index (χ4v) is 3.31. The summed E-state index contributed by atoms with van der Waals surface area (Å²) in [6.07, 6.45) is 1.97. The van der Waals surface area contributed by atoms with E-state index < -0.39 is 0 Å². The predicted molar refractivity (Wildman–Crippen MR) is 75.2 cm³/mol. The smallest absolute Gasteiger partial charge is 0.253 e. The maximum Gasteiger partial charge on any atom is 0.253 e. The molecule has 1 amide bonds. The summed E-state index contributed by atoms with van der Waals surface area (Å²) in [5.74, 6) is 0.155. The van der Waals surface area contributed by atoms with Crippen molar-refractivity contribution >= 4 is 17.2 Å². The summed E-state index contributed by atoms with van der Waals surface area (Å²) in [5, 5.41) is 5.33. The molecule has 0 aromatic carbocycles. The second-order valence-corrected chi connectivity index (χ2v) is 6.29. The summed E-state index contributed by atoms with van der Waals surface area (Å²) in [6.45, 7) is 4.97. The summed E-state index contributed by atoms with van der Waals surface area (Å²) in [4.78, 5) is 15.9. The molecule has 0 unspecified atom stereocenters. The topological polar surface area (TPSA) is 41.6 Å². The van der Waals surface area contributed by atoms with E-state index in [1.165, 1.54) is 10.4 Å². The Morgan fingerprint density at radius 3 is 3.00 bits per heavy atom. The van der Waals surface area contributed by atoms with Crippen LogP contribution < -0.4 is 5.32 Å². The first-order valence-electron chi connectivity index (χ1n) is 6.91. The first kappa shape index (κ1) is 13.1. The van der Waals surface area contributed by atoms with Gasteiger partial charge in [0.15, 0.2) is 0 Å². The van der Waals surface area contributed by atoms with Gasteiger partial charge in [-0.3, -0.25) is 4.79 Å². The second kappa shape index (κ2) is 5.61. The largest absolute Gasteiger partial charge is 0.366 e. The highest BCUT2D eigenvalue weighted by atomic mass is 32.1. The fraction of sp³-hybridized carbons (Fsp3) is 0.643. The van der Waals surface area contributed by atoms with Crippen molar-refractivity contribution < 1.29 is 9.53 Å². The van der Waals surface area contributed by atoms with E-state index in [9.17, 15) is 4.79 Å². The molecule has 0 spiro atoms. The number of carbonyl (C=O) groups is 1. The number of rotatable bonds is 4. The van der Waals surface area contributed by atoms with E-state index in [-0.39, 0.29) is 12.0 Å². The highest BCUT2D eigenvalue weighted by molar-refractivity contribution is 7.10. The van der Waals surface area contributed by atoms with Gasteiger partial charge >= 0.3 is 0 Å². The lowest BCUT2D eigenvalue weighted by Crippen LogP contribution is -2.49. The molecule has 1 aliphatic carbocycles. The van der Waals surface area contributed by atoms with Crippen LogP contribution in [0.25, 0.3) is 0 Å². The molecule has 1 aromatic rings. The number of hydrogen-bond donors (Lipinski definition) is 1. The zero-order valence-corrected chi connectivity index (χ0v) is 12.0. The van der Waals surface area contributed by atoms with Gasteiger partial charge < -0.3 is 15.0 Å². The normalized spacial score (nSPS) is 23.3. The number of amides is 1. The number of thiophene rings is 1. The number of nitrogens with zero attached hydrogens (tertiary/aromatic N) is 1. The molecule has 1 saturated heterocycles. The number of ether oxygens (including phenoxy) is 1. The average Bonchev–Trinajstić information content (AvgIpc) is 3.20. The van der Waals surface area contributed by atoms with Crippen LogP contribution in [0.4, 0.5) is 0 Å². The number of hydrogen-bond acceptors (Lipinski definition) is 4.